The molecule has 1 aliphatic rings. The summed E-state index contributed by atoms with van der Waals surface area (Å²) in [5.41, 5.74) is 0. The van der Waals surface area contributed by atoms with Crippen LogP contribution in [0.4, 0.5) is 0 Å². The first-order chi connectivity index (χ1) is 2.50. The second kappa shape index (κ2) is 3.63. The topological polar surface area (TPSA) is 24.4 Å². The Morgan fingerprint density at radius 3 is 2.83 bits per heavy atom. The van der Waals surface area contributed by atoms with Gasteiger partial charge in [0, 0.05) is 32.7 Å². The van der Waals surface area contributed by atoms with E-state index in [0.717, 1.165) is 6.54 Å². The molecule has 0 spiro atoms. The molecule has 0 unspecified atom stereocenters. The second-order valence-corrected chi connectivity index (χ2v) is 0.869. The molecule has 0 aromatic rings. The Labute approximate surface area is 62.3 Å². The van der Waals surface area contributed by atoms with E-state index in [0.29, 0.717) is 0 Å². The van der Waals surface area contributed by atoms with Gasteiger partial charge in [-0.15, -0.1) is 6.54 Å². The average molecular weight is 158 g/mol. The molecule has 0 amide bonds. The van der Waals surface area contributed by atoms with E-state index in [-0.39, 0.29) is 32.7 Å². The van der Waals surface area contributed by atoms with Gasteiger partial charge in [-0.1, -0.05) is 6.34 Å². The van der Waals surface area contributed by atoms with E-state index in [1.54, 1.807) is 6.34 Å². The standard InChI is InChI=1S/C3H5N2.Y/c1-2-5-3-4-1;/h1,3H,2H2,(H,4,5);/q-1;. The van der Waals surface area contributed by atoms with Gasteiger partial charge in [-0.25, -0.2) is 0 Å². The van der Waals surface area contributed by atoms with Crippen LogP contribution in [0.3, 0.4) is 0 Å². The van der Waals surface area contributed by atoms with Crippen molar-refractivity contribution in [2.75, 3.05) is 6.54 Å². The van der Waals surface area contributed by atoms with Gasteiger partial charge in [0.15, 0.2) is 0 Å². The first-order valence-corrected chi connectivity index (χ1v) is 1.57. The molecule has 1 N–H and O–H groups in total. The number of hydrogen-bond donors (Lipinski definition) is 1. The zero-order chi connectivity index (χ0) is 3.54. The maximum Gasteiger partial charge on any atom is 0 e. The van der Waals surface area contributed by atoms with Crippen LogP contribution < -0.4 is 5.32 Å². The SMILES string of the molecule is C1=N[CH-]CN1.[Y]. The van der Waals surface area contributed by atoms with E-state index in [2.05, 4.69) is 10.3 Å². The molecule has 0 fully saturated rings. The Hall–Kier alpha value is 0.444. The molecule has 0 aromatic heterocycles. The van der Waals surface area contributed by atoms with Crippen LogP contribution >= 0.6 is 0 Å². The number of rotatable bonds is 0. The van der Waals surface area contributed by atoms with Gasteiger partial charge in [0.1, 0.15) is 0 Å². The van der Waals surface area contributed by atoms with Crippen LogP contribution in [-0.4, -0.2) is 12.9 Å². The normalized spacial score (nSPS) is 14.7. The van der Waals surface area contributed by atoms with Crippen LogP contribution in [0.15, 0.2) is 4.99 Å². The van der Waals surface area contributed by atoms with Crippen LogP contribution in [0, 0.1) is 6.54 Å². The van der Waals surface area contributed by atoms with Crippen molar-refractivity contribution in [2.24, 2.45) is 4.99 Å². The zero-order valence-corrected chi connectivity index (χ0v) is 6.22. The van der Waals surface area contributed by atoms with Crippen molar-refractivity contribution in [1.82, 2.24) is 5.32 Å². The number of hydrogen-bond acceptors (Lipinski definition) is 2. The molecule has 31 valence electrons. The Bertz CT molecular complexity index is 46.8. The molecule has 0 saturated heterocycles. The molecule has 1 rings (SSSR count). The molecule has 2 nitrogen and oxygen atoms in total. The largest absolute Gasteiger partial charge is 0.463 e. The van der Waals surface area contributed by atoms with Gasteiger partial charge in [0.05, 0.1) is 0 Å². The van der Waals surface area contributed by atoms with Gasteiger partial charge in [-0.05, 0) is 6.54 Å². The second-order valence-electron chi connectivity index (χ2n) is 0.869. The Kier molecular flexibility index (Phi) is 3.90. The predicted octanol–water partition coefficient (Wildman–Crippen LogP) is -0.223. The molecular weight excluding hydrogens is 153 g/mol. The minimum atomic E-state index is 0. The van der Waals surface area contributed by atoms with Crippen LogP contribution in [0.2, 0.25) is 0 Å². The molecule has 0 bridgehead atoms. The Morgan fingerprint density at radius 1 is 1.83 bits per heavy atom. The molecule has 3 heteroatoms. The maximum absolute atomic E-state index is 3.72. The quantitative estimate of drug-likeness (QED) is 0.484. The molecule has 1 aliphatic heterocycles. The summed E-state index contributed by atoms with van der Waals surface area (Å²) in [5, 5.41) is 2.88. The number of aliphatic imine (C=N–C) groups is 1. The molecule has 0 saturated carbocycles. The molecule has 0 aromatic carbocycles. The van der Waals surface area contributed by atoms with Gasteiger partial charge in [0.2, 0.25) is 0 Å². The van der Waals surface area contributed by atoms with Crippen molar-refractivity contribution < 1.29 is 32.7 Å². The third-order valence-corrected chi connectivity index (χ3v) is 0.480. The van der Waals surface area contributed by atoms with Gasteiger partial charge in [-0.3, -0.25) is 0 Å². The van der Waals surface area contributed by atoms with Crippen molar-refractivity contribution in [2.45, 2.75) is 0 Å². The van der Waals surface area contributed by atoms with E-state index in [4.69, 9.17) is 0 Å². The van der Waals surface area contributed by atoms with E-state index >= 15 is 0 Å². The van der Waals surface area contributed by atoms with Crippen molar-refractivity contribution in [3.8, 4) is 0 Å². The summed E-state index contributed by atoms with van der Waals surface area (Å²) in [5.74, 6) is 0. The monoisotopic (exact) mass is 158 g/mol. The minimum absolute atomic E-state index is 0. The average Bonchev–Trinajstić information content (AvgIpc) is 1.76. The summed E-state index contributed by atoms with van der Waals surface area (Å²) in [6, 6.07) is 0. The Morgan fingerprint density at radius 2 is 2.67 bits per heavy atom. The van der Waals surface area contributed by atoms with E-state index < -0.39 is 0 Å². The van der Waals surface area contributed by atoms with Gasteiger partial charge >= 0.3 is 0 Å². The molecule has 0 atom stereocenters. The van der Waals surface area contributed by atoms with E-state index in [1.165, 1.54) is 0 Å². The van der Waals surface area contributed by atoms with Crippen molar-refractivity contribution in [3.63, 3.8) is 0 Å². The third kappa shape index (κ3) is 1.78. The fourth-order valence-electron chi connectivity index (χ4n) is 0.264. The van der Waals surface area contributed by atoms with Gasteiger partial charge in [0.25, 0.3) is 0 Å². The predicted molar refractivity (Wildman–Crippen MR) is 20.8 cm³/mol. The summed E-state index contributed by atoms with van der Waals surface area (Å²) in [6.45, 7) is 2.72. The van der Waals surface area contributed by atoms with Crippen LogP contribution in [-0.2, 0) is 32.7 Å². The van der Waals surface area contributed by atoms with Gasteiger partial charge in [-0.2, -0.15) is 0 Å². The third-order valence-electron chi connectivity index (χ3n) is 0.480. The summed E-state index contributed by atoms with van der Waals surface area (Å²) in [4.78, 5) is 3.72. The molecule has 1 radical (unpaired) electrons. The molecule has 6 heavy (non-hydrogen) atoms. The van der Waals surface area contributed by atoms with Crippen molar-refractivity contribution >= 4 is 6.34 Å². The van der Waals surface area contributed by atoms with Crippen LogP contribution in [0.5, 0.6) is 0 Å². The first-order valence-electron chi connectivity index (χ1n) is 1.57. The number of nitrogens with one attached hydrogen (secondary N) is 1. The maximum atomic E-state index is 3.72. The summed E-state index contributed by atoms with van der Waals surface area (Å²) < 4.78 is 0. The fourth-order valence-corrected chi connectivity index (χ4v) is 0.264. The van der Waals surface area contributed by atoms with Crippen molar-refractivity contribution in [3.05, 3.63) is 6.54 Å². The van der Waals surface area contributed by atoms with Crippen LogP contribution in [0.25, 0.3) is 0 Å². The summed E-state index contributed by atoms with van der Waals surface area (Å²) in [7, 11) is 0. The first kappa shape index (κ1) is 6.44. The Balaban J connectivity index is 0.000000250. The van der Waals surface area contributed by atoms with Crippen molar-refractivity contribution in [1.29, 1.82) is 0 Å². The summed E-state index contributed by atoms with van der Waals surface area (Å²) >= 11 is 0. The molecular formula is C3H5N2Y-. The van der Waals surface area contributed by atoms with Crippen LogP contribution in [0.1, 0.15) is 0 Å². The van der Waals surface area contributed by atoms with E-state index in [9.17, 15) is 0 Å². The zero-order valence-electron chi connectivity index (χ0n) is 3.39. The number of nitrogens with zero attached hydrogens (tertiary/aromatic N) is 1. The fraction of sp³-hybridized carbons (Fsp3) is 0.333. The minimum Gasteiger partial charge on any atom is -0.463 e. The van der Waals surface area contributed by atoms with Gasteiger partial charge < -0.3 is 10.3 Å². The molecule has 1 heterocycles. The molecule has 0 aliphatic carbocycles. The summed E-state index contributed by atoms with van der Waals surface area (Å²) in [6.07, 6.45) is 1.68. The smallest absolute Gasteiger partial charge is 0 e. The van der Waals surface area contributed by atoms with E-state index in [1.807, 2.05) is 6.54 Å².